The molecule has 0 aliphatic carbocycles. The van der Waals surface area contributed by atoms with Crippen LogP contribution in [0.1, 0.15) is 15.9 Å². The first-order valence-corrected chi connectivity index (χ1v) is 4.72. The highest BCUT2D eigenvalue weighted by atomic mass is 79.9. The molecule has 0 unspecified atom stereocenters. The largest absolute Gasteiger partial charge is 0.417 e. The summed E-state index contributed by atoms with van der Waals surface area (Å²) in [6.07, 6.45) is -8.30. The van der Waals surface area contributed by atoms with Crippen molar-refractivity contribution in [2.45, 2.75) is 12.6 Å². The van der Waals surface area contributed by atoms with Gasteiger partial charge in [0.25, 0.3) is 0 Å². The van der Waals surface area contributed by atoms with E-state index in [0.29, 0.717) is 6.07 Å². The molecule has 0 N–H and O–H groups in total. The van der Waals surface area contributed by atoms with E-state index < -0.39 is 29.5 Å². The van der Waals surface area contributed by atoms with Crippen LogP contribution in [0, 0.1) is 0 Å². The van der Waals surface area contributed by atoms with Crippen molar-refractivity contribution in [3.05, 3.63) is 33.8 Å². The van der Waals surface area contributed by atoms with Crippen molar-refractivity contribution in [3.63, 3.8) is 0 Å². The van der Waals surface area contributed by atoms with E-state index in [4.69, 9.17) is 0 Å². The van der Waals surface area contributed by atoms with E-state index in [2.05, 4.69) is 15.9 Å². The first kappa shape index (κ1) is 13.1. The van der Waals surface area contributed by atoms with Crippen molar-refractivity contribution in [1.82, 2.24) is 0 Å². The van der Waals surface area contributed by atoms with Crippen molar-refractivity contribution in [2.24, 2.45) is 0 Å². The second kappa shape index (κ2) is 4.48. The second-order valence-electron chi connectivity index (χ2n) is 2.85. The Balaban J connectivity index is 3.34. The van der Waals surface area contributed by atoms with Crippen LogP contribution in [0.15, 0.2) is 22.7 Å². The highest BCUT2D eigenvalue weighted by Gasteiger charge is 2.36. The third-order valence-corrected chi connectivity index (χ3v) is 2.24. The topological polar surface area (TPSA) is 17.1 Å². The number of benzene rings is 1. The minimum absolute atomic E-state index is 0.0608. The van der Waals surface area contributed by atoms with Crippen LogP contribution >= 0.6 is 15.9 Å². The zero-order valence-corrected chi connectivity index (χ0v) is 9.07. The number of rotatable bonds is 2. The van der Waals surface area contributed by atoms with Gasteiger partial charge in [0.1, 0.15) is 0 Å². The summed E-state index contributed by atoms with van der Waals surface area (Å²) in [5, 5.41) is 0. The normalized spacial score (nSPS) is 11.9. The lowest BCUT2D eigenvalue weighted by molar-refractivity contribution is -0.138. The summed E-state index contributed by atoms with van der Waals surface area (Å²) in [6, 6.07) is 2.42. The van der Waals surface area contributed by atoms with E-state index in [1.54, 1.807) is 0 Å². The fourth-order valence-electron chi connectivity index (χ4n) is 1.08. The molecule has 0 radical (unpaired) electrons. The molecule has 0 bridgehead atoms. The smallest absolute Gasteiger partial charge is 0.288 e. The zero-order chi connectivity index (χ0) is 12.5. The van der Waals surface area contributed by atoms with Crippen LogP contribution in [0.3, 0.4) is 0 Å². The molecule has 0 fully saturated rings. The molecule has 1 rings (SSSR count). The fourth-order valence-corrected chi connectivity index (χ4v) is 1.44. The highest BCUT2D eigenvalue weighted by molar-refractivity contribution is 9.10. The van der Waals surface area contributed by atoms with E-state index >= 15 is 0 Å². The molecular weight excluding hydrogens is 299 g/mol. The predicted octanol–water partition coefficient (Wildman–Crippen LogP) is 3.92. The van der Waals surface area contributed by atoms with Crippen molar-refractivity contribution in [3.8, 4) is 0 Å². The molecule has 1 aromatic carbocycles. The summed E-state index contributed by atoms with van der Waals surface area (Å²) in [7, 11) is 0. The number of hydrogen-bond acceptors (Lipinski definition) is 1. The van der Waals surface area contributed by atoms with E-state index in [9.17, 15) is 26.7 Å². The molecule has 0 aliphatic rings. The minimum Gasteiger partial charge on any atom is -0.288 e. The van der Waals surface area contributed by atoms with Gasteiger partial charge in [0, 0.05) is 10.0 Å². The van der Waals surface area contributed by atoms with Gasteiger partial charge in [0.2, 0.25) is 5.78 Å². The van der Waals surface area contributed by atoms with Crippen molar-refractivity contribution in [1.29, 1.82) is 0 Å². The summed E-state index contributed by atoms with van der Waals surface area (Å²) >= 11 is 2.78. The third-order valence-electron chi connectivity index (χ3n) is 1.75. The van der Waals surface area contributed by atoms with Gasteiger partial charge in [-0.2, -0.15) is 13.2 Å². The minimum atomic E-state index is -4.84. The van der Waals surface area contributed by atoms with Gasteiger partial charge in [-0.1, -0.05) is 15.9 Å². The van der Waals surface area contributed by atoms with Crippen molar-refractivity contribution in [2.75, 3.05) is 0 Å². The Morgan fingerprint density at radius 1 is 1.25 bits per heavy atom. The monoisotopic (exact) mass is 302 g/mol. The average molecular weight is 303 g/mol. The number of ketones is 1. The Kier molecular flexibility index (Phi) is 3.67. The molecule has 0 aromatic heterocycles. The van der Waals surface area contributed by atoms with Gasteiger partial charge in [0.05, 0.1) is 5.56 Å². The summed E-state index contributed by atoms with van der Waals surface area (Å²) < 4.78 is 61.5. The Hall–Kier alpha value is -0.980. The second-order valence-corrected chi connectivity index (χ2v) is 3.77. The van der Waals surface area contributed by atoms with Gasteiger partial charge in [-0.3, -0.25) is 4.79 Å². The lowest BCUT2D eigenvalue weighted by Gasteiger charge is -2.12. The van der Waals surface area contributed by atoms with Gasteiger partial charge >= 0.3 is 12.6 Å². The van der Waals surface area contributed by atoms with E-state index in [1.165, 1.54) is 0 Å². The molecule has 88 valence electrons. The molecule has 0 saturated heterocycles. The number of alkyl halides is 5. The summed E-state index contributed by atoms with van der Waals surface area (Å²) in [6.45, 7) is 0. The Morgan fingerprint density at radius 3 is 2.25 bits per heavy atom. The number of hydrogen-bond donors (Lipinski definition) is 0. The summed E-state index contributed by atoms with van der Waals surface area (Å²) in [5.41, 5.74) is -2.39. The molecule has 0 spiro atoms. The van der Waals surface area contributed by atoms with Crippen LogP contribution in [-0.4, -0.2) is 12.2 Å². The van der Waals surface area contributed by atoms with Gasteiger partial charge in [-0.05, 0) is 18.2 Å². The quantitative estimate of drug-likeness (QED) is 0.598. The predicted molar refractivity (Wildman–Crippen MR) is 49.5 cm³/mol. The van der Waals surface area contributed by atoms with Crippen LogP contribution in [0.2, 0.25) is 0 Å². The van der Waals surface area contributed by atoms with Crippen molar-refractivity contribution < 1.29 is 26.7 Å². The maximum Gasteiger partial charge on any atom is 0.417 e. The van der Waals surface area contributed by atoms with Crippen LogP contribution < -0.4 is 0 Å². The molecule has 16 heavy (non-hydrogen) atoms. The number of halogens is 6. The first-order chi connectivity index (χ1) is 7.23. The highest BCUT2D eigenvalue weighted by Crippen LogP contribution is 2.34. The lowest BCUT2D eigenvalue weighted by atomic mass is 10.0. The van der Waals surface area contributed by atoms with Crippen LogP contribution in [0.4, 0.5) is 22.0 Å². The summed E-state index contributed by atoms with van der Waals surface area (Å²) in [5.74, 6) is -1.83. The van der Waals surface area contributed by atoms with Crippen LogP contribution in [-0.2, 0) is 6.18 Å². The van der Waals surface area contributed by atoms with E-state index in [0.717, 1.165) is 12.1 Å². The maximum absolute atomic E-state index is 12.4. The first-order valence-electron chi connectivity index (χ1n) is 3.92. The SMILES string of the molecule is O=C(c1ccc(Br)cc1C(F)(F)F)C(F)F. The zero-order valence-electron chi connectivity index (χ0n) is 7.49. The van der Waals surface area contributed by atoms with Gasteiger partial charge in [-0.15, -0.1) is 0 Å². The van der Waals surface area contributed by atoms with Crippen LogP contribution in [0.25, 0.3) is 0 Å². The molecule has 0 atom stereocenters. The Bertz CT molecular complexity index is 413. The van der Waals surface area contributed by atoms with E-state index in [1.807, 2.05) is 0 Å². The third kappa shape index (κ3) is 2.78. The molecule has 1 aromatic rings. The summed E-state index contributed by atoms with van der Waals surface area (Å²) in [4.78, 5) is 10.9. The standard InChI is InChI=1S/C9H4BrF5O/c10-4-1-2-5(7(16)8(11)12)6(3-4)9(13,14)15/h1-3,8H. The Morgan fingerprint density at radius 2 is 1.81 bits per heavy atom. The molecule has 0 amide bonds. The molecule has 7 heteroatoms. The molecule has 1 nitrogen and oxygen atoms in total. The number of carbonyl (C=O) groups excluding carboxylic acids is 1. The average Bonchev–Trinajstić information content (AvgIpc) is 2.15. The maximum atomic E-state index is 12.4. The van der Waals surface area contributed by atoms with Gasteiger partial charge in [-0.25, -0.2) is 8.78 Å². The van der Waals surface area contributed by atoms with E-state index in [-0.39, 0.29) is 4.47 Å². The molecule has 0 aliphatic heterocycles. The molecular formula is C9H4BrF5O. The van der Waals surface area contributed by atoms with Crippen LogP contribution in [0.5, 0.6) is 0 Å². The number of carbonyl (C=O) groups is 1. The van der Waals surface area contributed by atoms with Gasteiger partial charge in [0.15, 0.2) is 0 Å². The Labute approximate surface area is 95.4 Å². The molecule has 0 heterocycles. The fraction of sp³-hybridized carbons (Fsp3) is 0.222. The molecule has 0 saturated carbocycles. The van der Waals surface area contributed by atoms with Crippen molar-refractivity contribution >= 4 is 21.7 Å². The lowest BCUT2D eigenvalue weighted by Crippen LogP contribution is -2.17. The van der Waals surface area contributed by atoms with Gasteiger partial charge < -0.3 is 0 Å². The number of Topliss-reactive ketones (excluding diaryl/α,β-unsaturated/α-hetero) is 1.